The van der Waals surface area contributed by atoms with Crippen molar-refractivity contribution in [2.75, 3.05) is 60.2 Å². The lowest BCUT2D eigenvalue weighted by molar-refractivity contribution is -0.143. The van der Waals surface area contributed by atoms with E-state index in [0.717, 1.165) is 18.6 Å². The molecule has 41 heteroatoms. The van der Waals surface area contributed by atoms with Crippen LogP contribution in [0.1, 0.15) is 74.4 Å². The van der Waals surface area contributed by atoms with Crippen molar-refractivity contribution in [3.05, 3.63) is 152 Å². The third-order valence-corrected chi connectivity index (χ3v) is 16.9. The van der Waals surface area contributed by atoms with Crippen LogP contribution in [0.15, 0.2) is 135 Å². The van der Waals surface area contributed by atoms with Crippen LogP contribution in [0.2, 0.25) is 0 Å². The number of phenolic OH excluding ortho intramolecular Hbond substituents is 1. The van der Waals surface area contributed by atoms with E-state index in [1.165, 1.54) is 35.6 Å². The van der Waals surface area contributed by atoms with Crippen molar-refractivity contribution < 1.29 is 107 Å². The van der Waals surface area contributed by atoms with Crippen molar-refractivity contribution in [3.8, 4) is 62.8 Å². The number of amides is 3. The molecule has 116 heavy (non-hydrogen) atoms. The Morgan fingerprint density at radius 2 is 0.914 bits per heavy atom. The van der Waals surface area contributed by atoms with Gasteiger partial charge in [0.2, 0.25) is 17.7 Å². The topological polar surface area (TPSA) is 337 Å². The molecule has 626 valence electrons. The quantitative estimate of drug-likeness (QED) is 0.0293. The maximum Gasteiger partial charge on any atom is 0.405 e. The molecule has 0 radical (unpaired) electrons. The highest BCUT2D eigenvalue weighted by Gasteiger charge is 2.38. The van der Waals surface area contributed by atoms with Crippen molar-refractivity contribution in [2.45, 2.75) is 116 Å². The van der Waals surface area contributed by atoms with Gasteiger partial charge in [0.15, 0.2) is 75.5 Å². The summed E-state index contributed by atoms with van der Waals surface area (Å²) in [4.78, 5) is 99.8. The van der Waals surface area contributed by atoms with Crippen molar-refractivity contribution >= 4 is 68.8 Å². The van der Waals surface area contributed by atoms with E-state index in [9.17, 15) is 90.1 Å². The van der Waals surface area contributed by atoms with Crippen LogP contribution in [0.3, 0.4) is 0 Å². The minimum Gasteiger partial charge on any atom is -0.508 e. The highest BCUT2D eigenvalue weighted by atomic mass is 19.4. The second-order valence-electron chi connectivity index (χ2n) is 26.9. The van der Waals surface area contributed by atoms with Crippen molar-refractivity contribution in [3.63, 3.8) is 0 Å². The van der Waals surface area contributed by atoms with E-state index in [2.05, 4.69) is 75.8 Å². The van der Waals surface area contributed by atoms with Crippen molar-refractivity contribution in [2.24, 2.45) is 17.8 Å². The average Bonchev–Trinajstić information content (AvgIpc) is 1.78. The van der Waals surface area contributed by atoms with E-state index >= 15 is 0 Å². The van der Waals surface area contributed by atoms with Crippen LogP contribution in [0, 0.1) is 35.2 Å². The van der Waals surface area contributed by atoms with Gasteiger partial charge in [-0.15, -0.1) is 0 Å². The van der Waals surface area contributed by atoms with Crippen molar-refractivity contribution in [1.29, 1.82) is 0 Å². The summed E-state index contributed by atoms with van der Waals surface area (Å²) >= 11 is 0. The summed E-state index contributed by atoms with van der Waals surface area (Å²) in [6, 6.07) is 19.0. The first kappa shape index (κ1) is 87.5. The Morgan fingerprint density at radius 3 is 1.41 bits per heavy atom. The van der Waals surface area contributed by atoms with Crippen LogP contribution in [0.25, 0.3) is 67.6 Å². The standard InChI is InChI=1S/C19H16F4N6O.C19H18F4N6O.C19H20F4N4O3.C18H20F3N3O2.5H2/c20-12-9-26-16(11-3-4-13-14(8-11)25-6-5-24-13)28-17(12)29-7-1-2-15(29)18(30)27-10-19(21,22)23;1-10(2)15(18(30)27-9-19(21,22)23)28-17-12(20)8-26-16(29-17)11-3-4-13-14(7-11)25-6-5-24-13;1-10(2)15(18(28)25-9-19(21,22)23)26-17-12(20)8-24-16(27-17)11-3-4-13-14(7-11)30-6-5-29-13;1-11(2)16(14(26)7-9-18(19,20)21)23-15-8-10-22-17(24-15)12-3-5-13(25)6-4-12;;;;;/h3-6,8-9,15H,1-2,7,10H2,(H,27,30);3-8,10,15H,9H2,1-2H3,(H,27,30)(H,26,28,29);3-4,7-8,10,15H,5-6,9H2,1-2H3,(H,25,28)(H,24,26,27);3-6,8,10-11,16,25H,7,9H2,1-2H3,(H,22,23,24);5*1H/t3*15-;16-;;;;;/m1111...../s1. The molecule has 0 unspecified atom stereocenters. The van der Waals surface area contributed by atoms with E-state index in [-0.39, 0.29) is 53.7 Å². The second-order valence-corrected chi connectivity index (χ2v) is 26.9. The summed E-state index contributed by atoms with van der Waals surface area (Å²) in [5.74, 6) is -4.98. The lowest BCUT2D eigenvalue weighted by atomic mass is 9.97. The van der Waals surface area contributed by atoms with Crippen LogP contribution < -0.4 is 46.3 Å². The SMILES string of the molecule is CC(C)[C@@H](Nc1ccnc(-c2ccc(O)cc2)n1)C(=O)CCC(F)(F)F.CC(C)[C@@H](Nc1nc(-c2ccc3c(c2)OCCO3)ncc1F)C(=O)NCC(F)(F)F.CC(C)[C@@H](Nc1nc(-c2ccc3nccnc3c2)ncc1F)C(=O)NCC(F)(F)F.O=C(NCC(F)(F)F)[C@H]1CCCN1c1nc(-c2ccc3nccnc3c2)ncc1F.[HH].[HH].[HH].[HH].[HH]. The minimum absolute atomic E-state index is 0. The summed E-state index contributed by atoms with van der Waals surface area (Å²) in [7, 11) is 0. The summed E-state index contributed by atoms with van der Waals surface area (Å²) in [5, 5.41) is 22.9. The summed E-state index contributed by atoms with van der Waals surface area (Å²) in [5.41, 5.74) is 4.81. The number of hydrogen-bond acceptors (Lipinski definition) is 23. The van der Waals surface area contributed by atoms with Crippen LogP contribution in [0.5, 0.6) is 17.2 Å². The number of carbonyl (C=O) groups is 4. The number of carbonyl (C=O) groups excluding carboxylic acids is 4. The first-order valence-corrected chi connectivity index (χ1v) is 35.5. The van der Waals surface area contributed by atoms with Gasteiger partial charge in [-0.1, -0.05) is 41.5 Å². The zero-order valence-corrected chi connectivity index (χ0v) is 62.2. The Hall–Kier alpha value is -12.5. The van der Waals surface area contributed by atoms with Gasteiger partial charge >= 0.3 is 24.7 Å². The third kappa shape index (κ3) is 25.5. The Balaban J connectivity index is 0.000000335. The van der Waals surface area contributed by atoms with Crippen LogP contribution in [0.4, 0.5) is 89.1 Å². The predicted molar refractivity (Wildman–Crippen MR) is 404 cm³/mol. The Bertz CT molecular complexity index is 5050. The molecule has 0 saturated carbocycles. The molecule has 7 N–H and O–H groups in total. The molecular formula is C75H84F15N19O7. The lowest BCUT2D eigenvalue weighted by Gasteiger charge is -2.25. The van der Waals surface area contributed by atoms with Gasteiger partial charge < -0.3 is 51.4 Å². The zero-order chi connectivity index (χ0) is 84.4. The number of rotatable bonds is 23. The number of fused-ring (bicyclic) bond motifs is 3. The summed E-state index contributed by atoms with van der Waals surface area (Å²) in [6.45, 7) is 6.69. The smallest absolute Gasteiger partial charge is 0.405 e. The number of anilines is 4. The van der Waals surface area contributed by atoms with Gasteiger partial charge in [0.1, 0.15) is 62.5 Å². The van der Waals surface area contributed by atoms with Gasteiger partial charge in [0, 0.05) is 73.3 Å². The molecule has 4 aromatic carbocycles. The normalized spacial score (nSPS) is 14.2. The molecule has 4 atom stereocenters. The van der Waals surface area contributed by atoms with Gasteiger partial charge in [-0.05, 0) is 116 Å². The fourth-order valence-corrected chi connectivity index (χ4v) is 11.2. The minimum atomic E-state index is -4.55. The molecule has 0 spiro atoms. The van der Waals surface area contributed by atoms with E-state index in [0.29, 0.717) is 100 Å². The first-order chi connectivity index (χ1) is 54.7. The fourth-order valence-electron chi connectivity index (χ4n) is 11.2. The molecule has 12 rings (SSSR count). The highest BCUT2D eigenvalue weighted by Crippen LogP contribution is 2.36. The monoisotopic (exact) mass is 1650 g/mol. The van der Waals surface area contributed by atoms with Gasteiger partial charge in [-0.3, -0.25) is 39.1 Å². The zero-order valence-electron chi connectivity index (χ0n) is 62.2. The largest absolute Gasteiger partial charge is 0.508 e. The third-order valence-electron chi connectivity index (χ3n) is 16.9. The second kappa shape index (κ2) is 38.6. The van der Waals surface area contributed by atoms with E-state index < -0.39 is 134 Å². The van der Waals surface area contributed by atoms with Gasteiger partial charge in [-0.2, -0.15) is 52.7 Å². The maximum absolute atomic E-state index is 14.5. The Kier molecular flexibility index (Phi) is 29.1. The maximum atomic E-state index is 14.5. The number of nitrogens with one attached hydrogen (secondary N) is 6. The molecule has 2 aliphatic heterocycles. The number of aromatic hydroxyl groups is 1. The van der Waals surface area contributed by atoms with Crippen LogP contribution >= 0.6 is 0 Å². The summed E-state index contributed by atoms with van der Waals surface area (Å²) < 4.78 is 203. The number of aromatic nitrogens is 12. The molecule has 1 saturated heterocycles. The lowest BCUT2D eigenvalue weighted by Crippen LogP contribution is -2.46. The Morgan fingerprint density at radius 1 is 0.474 bits per heavy atom. The molecule has 26 nitrogen and oxygen atoms in total. The number of Topliss-reactive ketones (excluding diaryl/α,β-unsaturated/α-hetero) is 1. The molecule has 0 bridgehead atoms. The number of halogens is 15. The molecule has 10 aromatic rings. The number of ketones is 1. The van der Waals surface area contributed by atoms with Gasteiger partial charge in [0.25, 0.3) is 0 Å². The molecule has 3 amide bonds. The first-order valence-electron chi connectivity index (χ1n) is 35.5. The van der Waals surface area contributed by atoms with Crippen LogP contribution in [-0.4, -0.2) is 177 Å². The summed E-state index contributed by atoms with van der Waals surface area (Å²) in [6.07, 6.45) is -8.37. The van der Waals surface area contributed by atoms with E-state index in [1.54, 1.807) is 137 Å². The van der Waals surface area contributed by atoms with Gasteiger partial charge in [0.05, 0.1) is 53.1 Å². The predicted octanol–water partition coefficient (Wildman–Crippen LogP) is 14.8. The number of ether oxygens (including phenoxy) is 2. The van der Waals surface area contributed by atoms with Crippen LogP contribution in [-0.2, 0) is 19.2 Å². The number of nitrogens with zero attached hydrogens (tertiary/aromatic N) is 13. The molecular weight excluding hydrogens is 1560 g/mol. The number of hydrogen-bond donors (Lipinski definition) is 7. The van der Waals surface area contributed by atoms with Crippen molar-refractivity contribution in [1.82, 2.24) is 75.8 Å². The fraction of sp³-hybridized carbons (Fsp3) is 0.360. The average molecular weight is 1650 g/mol. The Labute approximate surface area is 658 Å². The van der Waals surface area contributed by atoms with Gasteiger partial charge in [-0.25, -0.2) is 53.0 Å². The molecule has 0 aliphatic carbocycles. The number of phenols is 1. The number of benzene rings is 4. The highest BCUT2D eigenvalue weighted by molar-refractivity contribution is 5.88. The molecule has 2 aliphatic rings. The molecule has 1 fully saturated rings. The number of alkyl halides is 12. The molecule has 8 heterocycles. The molecule has 6 aromatic heterocycles. The van der Waals surface area contributed by atoms with E-state index in [4.69, 9.17) is 9.47 Å². The van der Waals surface area contributed by atoms with E-state index in [1.807, 2.05) is 5.32 Å².